The van der Waals surface area contributed by atoms with Crippen molar-refractivity contribution >= 4 is 11.7 Å². The topological polar surface area (TPSA) is 38.3 Å². The fourth-order valence-corrected chi connectivity index (χ4v) is 2.18. The first kappa shape index (κ1) is 17.5. The molecule has 0 bridgehead atoms. The van der Waals surface area contributed by atoms with Crippen molar-refractivity contribution < 1.29 is 9.53 Å². The van der Waals surface area contributed by atoms with Gasteiger partial charge in [-0.15, -0.1) is 0 Å². The Morgan fingerprint density at radius 1 is 1.19 bits per heavy atom. The highest BCUT2D eigenvalue weighted by Crippen LogP contribution is 2.10. The number of hydrogen-bond donors (Lipinski definition) is 1. The van der Waals surface area contributed by atoms with Gasteiger partial charge in [0.05, 0.1) is 12.5 Å². The molecule has 1 unspecified atom stereocenters. The molecule has 0 heterocycles. The van der Waals surface area contributed by atoms with Crippen molar-refractivity contribution in [3.63, 3.8) is 0 Å². The maximum Gasteiger partial charge on any atom is 0.307 e. The van der Waals surface area contributed by atoms with E-state index in [0.717, 1.165) is 18.5 Å². The van der Waals surface area contributed by atoms with Crippen molar-refractivity contribution in [2.24, 2.45) is 0 Å². The summed E-state index contributed by atoms with van der Waals surface area (Å²) in [5, 5.41) is 3.24. The fourth-order valence-electron chi connectivity index (χ4n) is 2.18. The van der Waals surface area contributed by atoms with Gasteiger partial charge < -0.3 is 10.1 Å². The molecule has 0 fully saturated rings. The molecular weight excluding hydrogens is 262 g/mol. The van der Waals surface area contributed by atoms with Crippen LogP contribution in [-0.4, -0.2) is 18.6 Å². The maximum absolute atomic E-state index is 11.7. The number of esters is 1. The predicted octanol–water partition coefficient (Wildman–Crippen LogP) is 4.70. The van der Waals surface area contributed by atoms with E-state index in [2.05, 4.69) is 31.3 Å². The van der Waals surface area contributed by atoms with Crippen molar-refractivity contribution in [2.75, 3.05) is 11.9 Å². The molecule has 3 nitrogen and oxygen atoms in total. The number of rotatable bonds is 10. The molecule has 0 aliphatic carbocycles. The third-order valence-electron chi connectivity index (χ3n) is 3.51. The van der Waals surface area contributed by atoms with Gasteiger partial charge in [-0.05, 0) is 38.8 Å². The average molecular weight is 291 g/mol. The Balaban J connectivity index is 2.11. The molecule has 118 valence electrons. The van der Waals surface area contributed by atoms with Crippen LogP contribution in [0.5, 0.6) is 0 Å². The fraction of sp³-hybridized carbons (Fsp3) is 0.611. The summed E-state index contributed by atoms with van der Waals surface area (Å²) in [5.74, 6) is -0.113. The number of hydrogen-bond acceptors (Lipinski definition) is 3. The quantitative estimate of drug-likeness (QED) is 0.501. The second-order valence-corrected chi connectivity index (χ2v) is 5.69. The Bertz CT molecular complexity index is 400. The van der Waals surface area contributed by atoms with Crippen LogP contribution in [0.3, 0.4) is 0 Å². The Morgan fingerprint density at radius 3 is 2.57 bits per heavy atom. The molecule has 0 aliphatic rings. The van der Waals surface area contributed by atoms with Crippen LogP contribution in [0.2, 0.25) is 0 Å². The van der Waals surface area contributed by atoms with E-state index in [-0.39, 0.29) is 12.1 Å². The van der Waals surface area contributed by atoms with Gasteiger partial charge in [0.1, 0.15) is 0 Å². The zero-order chi connectivity index (χ0) is 15.5. The molecule has 1 rings (SSSR count). The third kappa shape index (κ3) is 8.38. The minimum Gasteiger partial charge on any atom is -0.463 e. The molecule has 3 heteroatoms. The molecule has 0 radical (unpaired) electrons. The Morgan fingerprint density at radius 2 is 1.90 bits per heavy atom. The number of aryl methyl sites for hydroxylation is 1. The van der Waals surface area contributed by atoms with Crippen molar-refractivity contribution in [1.82, 2.24) is 0 Å². The number of nitrogens with one attached hydrogen (secondary N) is 1. The van der Waals surface area contributed by atoms with Crippen LogP contribution in [0.1, 0.15) is 57.9 Å². The van der Waals surface area contributed by atoms with E-state index in [0.29, 0.717) is 13.0 Å². The lowest BCUT2D eigenvalue weighted by atomic mass is 10.1. The van der Waals surface area contributed by atoms with Crippen LogP contribution in [0, 0.1) is 6.92 Å². The number of ether oxygens (including phenoxy) is 1. The molecule has 0 aliphatic heterocycles. The van der Waals surface area contributed by atoms with Crippen LogP contribution in [0.25, 0.3) is 0 Å². The van der Waals surface area contributed by atoms with E-state index in [9.17, 15) is 4.79 Å². The van der Waals surface area contributed by atoms with Crippen LogP contribution >= 0.6 is 0 Å². The Hall–Kier alpha value is -1.51. The first-order valence-corrected chi connectivity index (χ1v) is 8.12. The first-order valence-electron chi connectivity index (χ1n) is 8.12. The highest BCUT2D eigenvalue weighted by Gasteiger charge is 2.08. The average Bonchev–Trinajstić information content (AvgIpc) is 2.46. The lowest BCUT2D eigenvalue weighted by molar-refractivity contribution is -0.148. The van der Waals surface area contributed by atoms with E-state index >= 15 is 0 Å². The molecule has 0 aromatic heterocycles. The molecule has 0 saturated heterocycles. The van der Waals surface area contributed by atoms with Gasteiger partial charge in [-0.2, -0.15) is 0 Å². The molecule has 1 atom stereocenters. The van der Waals surface area contributed by atoms with Gasteiger partial charge in [0, 0.05) is 12.2 Å². The molecule has 1 aromatic rings. The molecule has 21 heavy (non-hydrogen) atoms. The smallest absolute Gasteiger partial charge is 0.307 e. The zero-order valence-corrected chi connectivity index (χ0v) is 13.7. The summed E-state index contributed by atoms with van der Waals surface area (Å²) in [6.07, 6.45) is 6.29. The molecular formula is C18H29NO2. The highest BCUT2D eigenvalue weighted by molar-refractivity contribution is 5.70. The van der Waals surface area contributed by atoms with Gasteiger partial charge in [-0.25, -0.2) is 0 Å². The van der Waals surface area contributed by atoms with Gasteiger partial charge in [-0.3, -0.25) is 4.79 Å². The molecule has 0 spiro atoms. The molecule has 1 N–H and O–H groups in total. The predicted molar refractivity (Wildman–Crippen MR) is 88.6 cm³/mol. The summed E-state index contributed by atoms with van der Waals surface area (Å²) in [5.41, 5.74) is 2.28. The summed E-state index contributed by atoms with van der Waals surface area (Å²) in [6.45, 7) is 6.86. The SMILES string of the molecule is CCCCCCC(C)OC(=O)CCNc1ccc(C)cc1. The van der Waals surface area contributed by atoms with E-state index in [1.54, 1.807) is 0 Å². The number of carbonyl (C=O) groups excluding carboxylic acids is 1. The Labute approximate surface area is 129 Å². The Kier molecular flexibility index (Phi) is 8.56. The van der Waals surface area contributed by atoms with Gasteiger partial charge in [0.15, 0.2) is 0 Å². The van der Waals surface area contributed by atoms with Crippen LogP contribution in [-0.2, 0) is 9.53 Å². The van der Waals surface area contributed by atoms with Crippen LogP contribution in [0.4, 0.5) is 5.69 Å². The normalized spacial score (nSPS) is 12.0. The maximum atomic E-state index is 11.7. The number of benzene rings is 1. The van der Waals surface area contributed by atoms with E-state index in [4.69, 9.17) is 4.74 Å². The van der Waals surface area contributed by atoms with Gasteiger partial charge in [-0.1, -0.05) is 43.9 Å². The summed E-state index contributed by atoms with van der Waals surface area (Å²) in [4.78, 5) is 11.7. The largest absolute Gasteiger partial charge is 0.463 e. The monoisotopic (exact) mass is 291 g/mol. The van der Waals surface area contributed by atoms with Gasteiger partial charge in [0.25, 0.3) is 0 Å². The second kappa shape index (κ2) is 10.3. The van der Waals surface area contributed by atoms with Crippen molar-refractivity contribution in [3.8, 4) is 0 Å². The van der Waals surface area contributed by atoms with Gasteiger partial charge in [0.2, 0.25) is 0 Å². The van der Waals surface area contributed by atoms with Crippen molar-refractivity contribution in [2.45, 2.75) is 65.4 Å². The van der Waals surface area contributed by atoms with Crippen molar-refractivity contribution in [1.29, 1.82) is 0 Å². The van der Waals surface area contributed by atoms with Crippen LogP contribution < -0.4 is 5.32 Å². The van der Waals surface area contributed by atoms with Gasteiger partial charge >= 0.3 is 5.97 Å². The summed E-state index contributed by atoms with van der Waals surface area (Å²) in [7, 11) is 0. The molecule has 0 saturated carbocycles. The molecule has 1 aromatic carbocycles. The number of unbranched alkanes of at least 4 members (excludes halogenated alkanes) is 3. The lowest BCUT2D eigenvalue weighted by Crippen LogP contribution is -2.17. The van der Waals surface area contributed by atoms with E-state index < -0.39 is 0 Å². The van der Waals surface area contributed by atoms with Crippen LogP contribution in [0.15, 0.2) is 24.3 Å². The first-order chi connectivity index (χ1) is 10.1. The number of carbonyl (C=O) groups is 1. The minimum absolute atomic E-state index is 0.0359. The third-order valence-corrected chi connectivity index (χ3v) is 3.51. The lowest BCUT2D eigenvalue weighted by Gasteiger charge is -2.13. The summed E-state index contributed by atoms with van der Waals surface area (Å²) < 4.78 is 5.41. The summed E-state index contributed by atoms with van der Waals surface area (Å²) >= 11 is 0. The second-order valence-electron chi connectivity index (χ2n) is 5.69. The van der Waals surface area contributed by atoms with Crippen molar-refractivity contribution in [3.05, 3.63) is 29.8 Å². The standard InChI is InChI=1S/C18H29NO2/c1-4-5-6-7-8-16(3)21-18(20)13-14-19-17-11-9-15(2)10-12-17/h9-12,16,19H,4-8,13-14H2,1-3H3. The molecule has 0 amide bonds. The zero-order valence-electron chi connectivity index (χ0n) is 13.7. The minimum atomic E-state index is -0.113. The number of anilines is 1. The van der Waals surface area contributed by atoms with E-state index in [1.165, 1.54) is 24.8 Å². The summed E-state index contributed by atoms with van der Waals surface area (Å²) in [6, 6.07) is 8.16. The van der Waals surface area contributed by atoms with E-state index in [1.807, 2.05) is 19.1 Å². The highest BCUT2D eigenvalue weighted by atomic mass is 16.5.